The molecule has 0 aliphatic heterocycles. The summed E-state index contributed by atoms with van der Waals surface area (Å²) in [4.78, 5) is 0. The average molecular weight is 240 g/mol. The van der Waals surface area contributed by atoms with Gasteiger partial charge in [0.25, 0.3) is 0 Å². The van der Waals surface area contributed by atoms with Crippen molar-refractivity contribution in [2.75, 3.05) is 27.4 Å². The van der Waals surface area contributed by atoms with Crippen molar-refractivity contribution in [3.63, 3.8) is 0 Å². The number of rotatable bonds is 8. The maximum absolute atomic E-state index is 8.88. The van der Waals surface area contributed by atoms with Crippen LogP contribution in [-0.2, 0) is 16.1 Å². The van der Waals surface area contributed by atoms with Crippen molar-refractivity contribution in [1.29, 1.82) is 0 Å². The summed E-state index contributed by atoms with van der Waals surface area (Å²) in [6, 6.07) is 7.72. The molecule has 1 rings (SSSR count). The Balaban J connectivity index is 2.41. The molecule has 0 spiro atoms. The standard InChI is InChI=1S/C13H20O4/c1-15-10-13(7-8-14)17-9-11-3-5-12(16-2)6-4-11/h3-6,13-14H,7-10H2,1-2H3/t13-/m1/s1. The summed E-state index contributed by atoms with van der Waals surface area (Å²) in [6.45, 7) is 1.12. The lowest BCUT2D eigenvalue weighted by Crippen LogP contribution is -2.20. The SMILES string of the molecule is COC[C@@H](CCO)OCc1ccc(OC)cc1. The minimum Gasteiger partial charge on any atom is -0.497 e. The predicted octanol–water partition coefficient (Wildman–Crippen LogP) is 1.61. The van der Waals surface area contributed by atoms with Crippen LogP contribution in [0.15, 0.2) is 24.3 Å². The summed E-state index contributed by atoms with van der Waals surface area (Å²) in [7, 11) is 3.27. The molecule has 0 aliphatic rings. The topological polar surface area (TPSA) is 47.9 Å². The first-order chi connectivity index (χ1) is 8.30. The Morgan fingerprint density at radius 1 is 1.18 bits per heavy atom. The lowest BCUT2D eigenvalue weighted by atomic mass is 10.2. The molecule has 1 aromatic rings. The Hall–Kier alpha value is -1.10. The first-order valence-corrected chi connectivity index (χ1v) is 5.64. The Morgan fingerprint density at radius 3 is 2.41 bits per heavy atom. The van der Waals surface area contributed by atoms with E-state index in [2.05, 4.69) is 0 Å². The van der Waals surface area contributed by atoms with Gasteiger partial charge in [0, 0.05) is 13.7 Å². The Labute approximate surface area is 102 Å². The van der Waals surface area contributed by atoms with E-state index in [-0.39, 0.29) is 12.7 Å². The van der Waals surface area contributed by atoms with Gasteiger partial charge in [-0.1, -0.05) is 12.1 Å². The zero-order valence-electron chi connectivity index (χ0n) is 10.4. The summed E-state index contributed by atoms with van der Waals surface area (Å²) in [5.41, 5.74) is 1.07. The summed E-state index contributed by atoms with van der Waals surface area (Å²) >= 11 is 0. The van der Waals surface area contributed by atoms with E-state index in [1.54, 1.807) is 14.2 Å². The third kappa shape index (κ3) is 5.17. The molecule has 1 atom stereocenters. The molecule has 0 unspecified atom stereocenters. The van der Waals surface area contributed by atoms with E-state index in [9.17, 15) is 0 Å². The van der Waals surface area contributed by atoms with E-state index >= 15 is 0 Å². The molecular formula is C13H20O4. The maximum Gasteiger partial charge on any atom is 0.118 e. The normalized spacial score (nSPS) is 12.4. The van der Waals surface area contributed by atoms with Gasteiger partial charge in [0.15, 0.2) is 0 Å². The zero-order valence-corrected chi connectivity index (χ0v) is 10.4. The average Bonchev–Trinajstić information content (AvgIpc) is 2.37. The second kappa shape index (κ2) is 8.06. The Kier molecular flexibility index (Phi) is 6.62. The smallest absolute Gasteiger partial charge is 0.118 e. The molecule has 0 aliphatic carbocycles. The van der Waals surface area contributed by atoms with Crippen LogP contribution in [0.3, 0.4) is 0 Å². The van der Waals surface area contributed by atoms with E-state index in [1.165, 1.54) is 0 Å². The quantitative estimate of drug-likeness (QED) is 0.750. The Bertz CT molecular complexity index is 291. The van der Waals surface area contributed by atoms with Gasteiger partial charge in [-0.15, -0.1) is 0 Å². The van der Waals surface area contributed by atoms with Crippen LogP contribution in [0.4, 0.5) is 0 Å². The van der Waals surface area contributed by atoms with Gasteiger partial charge in [-0.25, -0.2) is 0 Å². The summed E-state index contributed by atoms with van der Waals surface area (Å²) in [6.07, 6.45) is 0.524. The number of methoxy groups -OCH3 is 2. The van der Waals surface area contributed by atoms with Crippen molar-refractivity contribution in [3.8, 4) is 5.75 Å². The van der Waals surface area contributed by atoms with Gasteiger partial charge in [0.05, 0.1) is 26.4 Å². The predicted molar refractivity (Wildman–Crippen MR) is 65.1 cm³/mol. The van der Waals surface area contributed by atoms with E-state index in [4.69, 9.17) is 19.3 Å². The van der Waals surface area contributed by atoms with Gasteiger partial charge < -0.3 is 19.3 Å². The number of hydrogen-bond acceptors (Lipinski definition) is 4. The molecule has 0 saturated carbocycles. The number of aliphatic hydroxyl groups excluding tert-OH is 1. The highest BCUT2D eigenvalue weighted by Gasteiger charge is 2.08. The van der Waals surface area contributed by atoms with Gasteiger partial charge in [-0.2, -0.15) is 0 Å². The van der Waals surface area contributed by atoms with Crippen molar-refractivity contribution >= 4 is 0 Å². The zero-order chi connectivity index (χ0) is 12.5. The molecule has 4 heteroatoms. The second-order valence-electron chi connectivity index (χ2n) is 3.75. The monoisotopic (exact) mass is 240 g/mol. The number of ether oxygens (including phenoxy) is 3. The number of benzene rings is 1. The van der Waals surface area contributed by atoms with Crippen LogP contribution < -0.4 is 4.74 Å². The summed E-state index contributed by atoms with van der Waals surface area (Å²) in [5.74, 6) is 0.831. The number of hydrogen-bond donors (Lipinski definition) is 1. The molecule has 0 fully saturated rings. The van der Waals surface area contributed by atoms with Crippen LogP contribution in [0.1, 0.15) is 12.0 Å². The maximum atomic E-state index is 8.88. The molecule has 4 nitrogen and oxygen atoms in total. The van der Waals surface area contributed by atoms with Crippen molar-refractivity contribution in [2.24, 2.45) is 0 Å². The van der Waals surface area contributed by atoms with Crippen LogP contribution in [0.2, 0.25) is 0 Å². The van der Waals surface area contributed by atoms with Crippen molar-refractivity contribution < 1.29 is 19.3 Å². The molecule has 0 aromatic heterocycles. The third-order valence-electron chi connectivity index (χ3n) is 2.45. The van der Waals surface area contributed by atoms with E-state index < -0.39 is 0 Å². The fraction of sp³-hybridized carbons (Fsp3) is 0.538. The van der Waals surface area contributed by atoms with Crippen LogP contribution in [0, 0.1) is 0 Å². The summed E-state index contributed by atoms with van der Waals surface area (Å²) < 4.78 is 15.8. The van der Waals surface area contributed by atoms with Crippen molar-refractivity contribution in [1.82, 2.24) is 0 Å². The molecule has 0 amide bonds. The lowest BCUT2D eigenvalue weighted by Gasteiger charge is -2.16. The molecule has 0 radical (unpaired) electrons. The third-order valence-corrected chi connectivity index (χ3v) is 2.45. The first-order valence-electron chi connectivity index (χ1n) is 5.64. The van der Waals surface area contributed by atoms with Gasteiger partial charge in [-0.3, -0.25) is 0 Å². The largest absolute Gasteiger partial charge is 0.497 e. The van der Waals surface area contributed by atoms with Crippen molar-refractivity contribution in [3.05, 3.63) is 29.8 Å². The molecule has 1 aromatic carbocycles. The van der Waals surface area contributed by atoms with Gasteiger partial charge in [0.2, 0.25) is 0 Å². The highest BCUT2D eigenvalue weighted by atomic mass is 16.5. The van der Waals surface area contributed by atoms with Crippen LogP contribution >= 0.6 is 0 Å². The van der Waals surface area contributed by atoms with E-state index in [0.29, 0.717) is 19.6 Å². The van der Waals surface area contributed by atoms with Crippen LogP contribution in [0.25, 0.3) is 0 Å². The van der Waals surface area contributed by atoms with E-state index in [1.807, 2.05) is 24.3 Å². The highest BCUT2D eigenvalue weighted by molar-refractivity contribution is 5.26. The van der Waals surface area contributed by atoms with E-state index in [0.717, 1.165) is 11.3 Å². The second-order valence-corrected chi connectivity index (χ2v) is 3.75. The van der Waals surface area contributed by atoms with Gasteiger partial charge in [-0.05, 0) is 24.1 Å². The number of aliphatic hydroxyl groups is 1. The van der Waals surface area contributed by atoms with Gasteiger partial charge in [0.1, 0.15) is 5.75 Å². The fourth-order valence-corrected chi connectivity index (χ4v) is 1.48. The molecule has 1 N–H and O–H groups in total. The molecule has 0 saturated heterocycles. The molecule has 0 bridgehead atoms. The molecule has 96 valence electrons. The minimum atomic E-state index is -0.0629. The minimum absolute atomic E-state index is 0.0629. The highest BCUT2D eigenvalue weighted by Crippen LogP contribution is 2.13. The summed E-state index contributed by atoms with van der Waals surface area (Å²) in [5, 5.41) is 8.88. The fourth-order valence-electron chi connectivity index (χ4n) is 1.48. The molecular weight excluding hydrogens is 220 g/mol. The molecule has 0 heterocycles. The molecule has 17 heavy (non-hydrogen) atoms. The van der Waals surface area contributed by atoms with Crippen molar-refractivity contribution in [2.45, 2.75) is 19.1 Å². The Morgan fingerprint density at radius 2 is 1.88 bits per heavy atom. The van der Waals surface area contributed by atoms with Gasteiger partial charge >= 0.3 is 0 Å². The van der Waals surface area contributed by atoms with Crippen LogP contribution in [0.5, 0.6) is 5.75 Å². The van der Waals surface area contributed by atoms with Crippen LogP contribution in [-0.4, -0.2) is 38.6 Å². The first kappa shape index (κ1) is 14.0. The lowest BCUT2D eigenvalue weighted by molar-refractivity contribution is -0.0227.